The van der Waals surface area contributed by atoms with Crippen LogP contribution in [0.3, 0.4) is 0 Å². The molecule has 0 amide bonds. The van der Waals surface area contributed by atoms with Gasteiger partial charge in [-0.3, -0.25) is 4.79 Å². The molecule has 0 unspecified atom stereocenters. The van der Waals surface area contributed by atoms with E-state index in [9.17, 15) is 4.79 Å². The van der Waals surface area contributed by atoms with Crippen molar-refractivity contribution in [2.24, 2.45) is 17.6 Å². The van der Waals surface area contributed by atoms with Gasteiger partial charge in [-0.15, -0.1) is 0 Å². The lowest BCUT2D eigenvalue weighted by Crippen LogP contribution is -2.31. The van der Waals surface area contributed by atoms with Gasteiger partial charge in [0, 0.05) is 17.3 Å². The summed E-state index contributed by atoms with van der Waals surface area (Å²) in [6, 6.07) is 8.09. The maximum absolute atomic E-state index is 12.1. The Morgan fingerprint density at radius 1 is 1.32 bits per heavy atom. The Hall–Kier alpha value is -1.87. The van der Waals surface area contributed by atoms with E-state index in [-0.39, 0.29) is 17.6 Å². The highest BCUT2D eigenvalue weighted by Gasteiger charge is 2.26. The summed E-state index contributed by atoms with van der Waals surface area (Å²) in [5.74, 6) is -0.263. The molecule has 1 rings (SSSR count). The van der Waals surface area contributed by atoms with Gasteiger partial charge in [0.2, 0.25) is 0 Å². The molecule has 22 heavy (non-hydrogen) atoms. The van der Waals surface area contributed by atoms with Crippen LogP contribution in [0, 0.1) is 11.8 Å². The number of allylic oxidation sites excluding steroid dienone is 2. The van der Waals surface area contributed by atoms with Crippen LogP contribution in [0.4, 0.5) is 5.69 Å². The average Bonchev–Trinajstić information content (AvgIpc) is 2.46. The molecule has 1 aromatic carbocycles. The fourth-order valence-electron chi connectivity index (χ4n) is 2.74. The number of hydrogen-bond donors (Lipinski definition) is 2. The van der Waals surface area contributed by atoms with Crippen LogP contribution in [0.1, 0.15) is 33.3 Å². The summed E-state index contributed by atoms with van der Waals surface area (Å²) < 4.78 is 0. The number of carbonyl (C=O) groups is 1. The van der Waals surface area contributed by atoms with Crippen LogP contribution < -0.4 is 11.1 Å². The third-order valence-corrected chi connectivity index (χ3v) is 3.75. The van der Waals surface area contributed by atoms with Crippen LogP contribution in [0.25, 0.3) is 0 Å². The monoisotopic (exact) mass is 300 g/mol. The van der Waals surface area contributed by atoms with Crippen LogP contribution >= 0.6 is 0 Å². The lowest BCUT2D eigenvalue weighted by atomic mass is 9.85. The molecular weight excluding hydrogens is 272 g/mol. The highest BCUT2D eigenvalue weighted by molar-refractivity contribution is 5.82. The van der Waals surface area contributed by atoms with E-state index >= 15 is 0 Å². The van der Waals surface area contributed by atoms with Gasteiger partial charge in [-0.1, -0.05) is 43.4 Å². The van der Waals surface area contributed by atoms with Crippen molar-refractivity contribution in [1.29, 1.82) is 0 Å². The highest BCUT2D eigenvalue weighted by atomic mass is 16.1. The van der Waals surface area contributed by atoms with Crippen molar-refractivity contribution >= 4 is 11.5 Å². The average molecular weight is 300 g/mol. The van der Waals surface area contributed by atoms with Crippen molar-refractivity contribution in [3.8, 4) is 0 Å². The van der Waals surface area contributed by atoms with Gasteiger partial charge in [-0.25, -0.2) is 0 Å². The fraction of sp³-hybridized carbons (Fsp3) is 0.421. The van der Waals surface area contributed by atoms with Gasteiger partial charge >= 0.3 is 0 Å². The summed E-state index contributed by atoms with van der Waals surface area (Å²) in [6.45, 7) is 12.3. The number of hydrogen-bond acceptors (Lipinski definition) is 3. The Kier molecular flexibility index (Phi) is 7.06. The maximum atomic E-state index is 12.1. The van der Waals surface area contributed by atoms with Gasteiger partial charge in [0.25, 0.3) is 0 Å². The van der Waals surface area contributed by atoms with Crippen molar-refractivity contribution in [3.05, 3.63) is 53.8 Å². The molecule has 2 atom stereocenters. The van der Waals surface area contributed by atoms with E-state index in [4.69, 9.17) is 5.73 Å². The fourth-order valence-corrected chi connectivity index (χ4v) is 2.74. The smallest absolute Gasteiger partial charge is 0.139 e. The molecule has 1 aromatic rings. The van der Waals surface area contributed by atoms with E-state index in [2.05, 4.69) is 31.0 Å². The Bertz CT molecular complexity index is 556. The van der Waals surface area contributed by atoms with Crippen LogP contribution in [0.15, 0.2) is 48.2 Å². The molecule has 0 aliphatic rings. The second-order valence-electron chi connectivity index (χ2n) is 5.89. The number of ketones is 1. The molecule has 0 heterocycles. The minimum absolute atomic E-state index is 0.0312. The Balaban J connectivity index is 3.04. The molecule has 3 N–H and O–H groups in total. The van der Waals surface area contributed by atoms with E-state index in [0.717, 1.165) is 17.7 Å². The van der Waals surface area contributed by atoms with E-state index in [1.54, 1.807) is 6.92 Å². The number of rotatable bonds is 8. The minimum Gasteiger partial charge on any atom is -0.359 e. The van der Waals surface area contributed by atoms with Crippen molar-refractivity contribution < 1.29 is 4.79 Å². The molecule has 0 saturated heterocycles. The highest BCUT2D eigenvalue weighted by Crippen LogP contribution is 2.26. The SMILES string of the molecule is C=C(Nc1ccccc1CC)[C@@H](C(C)=O)[C@@H](C=C(C)C)CN. The summed E-state index contributed by atoms with van der Waals surface area (Å²) in [5.41, 5.74) is 9.96. The van der Waals surface area contributed by atoms with Crippen LogP contribution in [0.2, 0.25) is 0 Å². The molecule has 0 aromatic heterocycles. The largest absolute Gasteiger partial charge is 0.359 e. The lowest BCUT2D eigenvalue weighted by Gasteiger charge is -2.25. The van der Waals surface area contributed by atoms with Gasteiger partial charge in [0.05, 0.1) is 5.92 Å². The normalized spacial score (nSPS) is 13.1. The summed E-state index contributed by atoms with van der Waals surface area (Å²) in [7, 11) is 0. The zero-order valence-corrected chi connectivity index (χ0v) is 14.1. The van der Waals surface area contributed by atoms with E-state index in [0.29, 0.717) is 12.2 Å². The van der Waals surface area contributed by atoms with Crippen LogP contribution in [0.5, 0.6) is 0 Å². The van der Waals surface area contributed by atoms with Crippen LogP contribution in [-0.4, -0.2) is 12.3 Å². The minimum atomic E-state index is -0.315. The third kappa shape index (κ3) is 4.85. The molecule has 120 valence electrons. The molecule has 3 heteroatoms. The first-order chi connectivity index (χ1) is 10.4. The molecule has 0 fully saturated rings. The molecule has 0 aliphatic heterocycles. The zero-order chi connectivity index (χ0) is 16.7. The Morgan fingerprint density at radius 3 is 2.45 bits per heavy atom. The number of para-hydroxylation sites is 1. The lowest BCUT2D eigenvalue weighted by molar-refractivity contribution is -0.120. The predicted molar refractivity (Wildman–Crippen MR) is 94.7 cm³/mol. The first-order valence-corrected chi connectivity index (χ1v) is 7.79. The van der Waals surface area contributed by atoms with Crippen molar-refractivity contribution in [1.82, 2.24) is 0 Å². The Labute approximate surface area is 134 Å². The van der Waals surface area contributed by atoms with E-state index in [1.165, 1.54) is 5.56 Å². The molecule has 0 spiro atoms. The number of Topliss-reactive ketones (excluding diaryl/α,β-unsaturated/α-hetero) is 1. The number of nitrogens with two attached hydrogens (primary N) is 1. The standard InChI is InChI=1S/C19H28N2O/c1-6-16-9-7-8-10-18(16)21-14(4)19(15(5)22)17(12-20)11-13(2)3/h7-11,17,19,21H,4,6,12,20H2,1-3,5H3/t17-,19-/m0/s1. The second kappa shape index (κ2) is 8.54. The van der Waals surface area contributed by atoms with Gasteiger partial charge in [0.15, 0.2) is 0 Å². The molecule has 0 saturated carbocycles. The number of benzene rings is 1. The zero-order valence-electron chi connectivity index (χ0n) is 14.1. The summed E-state index contributed by atoms with van der Waals surface area (Å²) in [6.07, 6.45) is 2.99. The summed E-state index contributed by atoms with van der Waals surface area (Å²) >= 11 is 0. The second-order valence-corrected chi connectivity index (χ2v) is 5.89. The number of anilines is 1. The van der Waals surface area contributed by atoms with Gasteiger partial charge in [0.1, 0.15) is 5.78 Å². The van der Waals surface area contributed by atoms with Gasteiger partial charge in [-0.2, -0.15) is 0 Å². The molecule has 0 bridgehead atoms. The molecule has 3 nitrogen and oxygen atoms in total. The van der Waals surface area contributed by atoms with Crippen molar-refractivity contribution in [3.63, 3.8) is 0 Å². The summed E-state index contributed by atoms with van der Waals surface area (Å²) in [5, 5.41) is 3.33. The number of nitrogens with one attached hydrogen (secondary N) is 1. The van der Waals surface area contributed by atoms with E-state index < -0.39 is 0 Å². The van der Waals surface area contributed by atoms with Gasteiger partial charge < -0.3 is 11.1 Å². The Morgan fingerprint density at radius 2 is 1.95 bits per heavy atom. The first-order valence-electron chi connectivity index (χ1n) is 7.79. The first kappa shape index (κ1) is 18.2. The molecule has 0 radical (unpaired) electrons. The molecular formula is C19H28N2O. The van der Waals surface area contributed by atoms with Crippen LogP contribution in [-0.2, 0) is 11.2 Å². The predicted octanol–water partition coefficient (Wildman–Crippen LogP) is 3.92. The van der Waals surface area contributed by atoms with E-state index in [1.807, 2.05) is 32.0 Å². The van der Waals surface area contributed by atoms with Crippen molar-refractivity contribution in [2.45, 2.75) is 34.1 Å². The van der Waals surface area contributed by atoms with Gasteiger partial charge in [-0.05, 0) is 45.4 Å². The topological polar surface area (TPSA) is 55.1 Å². The third-order valence-electron chi connectivity index (χ3n) is 3.75. The number of carbonyl (C=O) groups excluding carboxylic acids is 1. The summed E-state index contributed by atoms with van der Waals surface area (Å²) in [4.78, 5) is 12.1. The number of aryl methyl sites for hydroxylation is 1. The molecule has 0 aliphatic carbocycles. The maximum Gasteiger partial charge on any atom is 0.139 e. The quantitative estimate of drug-likeness (QED) is 0.715. The van der Waals surface area contributed by atoms with Crippen molar-refractivity contribution in [2.75, 3.05) is 11.9 Å².